The Morgan fingerprint density at radius 2 is 1.10 bits per heavy atom. The number of halogens is 5. The number of carboxylic acids is 1. The molecule has 3 amide bonds. The number of amides is 3. The summed E-state index contributed by atoms with van der Waals surface area (Å²) in [6.45, 7) is 0. The van der Waals surface area contributed by atoms with Crippen molar-refractivity contribution < 1.29 is 53.4 Å². The first-order valence-corrected chi connectivity index (χ1v) is 26.7. The van der Waals surface area contributed by atoms with Crippen LogP contribution < -0.4 is 30.6 Å². The minimum atomic E-state index is -1.27. The predicted molar refractivity (Wildman–Crippen MR) is 327 cm³/mol. The average molecular weight is 1320 g/mol. The minimum Gasteiger partial charge on any atom is -0.506 e. The Kier molecular flexibility index (Phi) is 28.7. The van der Waals surface area contributed by atoms with Crippen molar-refractivity contribution in [3.63, 3.8) is 0 Å². The van der Waals surface area contributed by atoms with E-state index >= 15 is 0 Å². The van der Waals surface area contributed by atoms with Crippen molar-refractivity contribution >= 4 is 121 Å². The van der Waals surface area contributed by atoms with Gasteiger partial charge in [-0.2, -0.15) is 5.10 Å². The Morgan fingerprint density at radius 1 is 0.651 bits per heavy atom. The highest BCUT2D eigenvalue weighted by Gasteiger charge is 2.22. The zero-order chi connectivity index (χ0) is 63.1. The topological polar surface area (TPSA) is 364 Å². The molecule has 86 heavy (non-hydrogen) atoms. The number of nitrogens with zero attached hydrogens (tertiary/aromatic N) is 8. The van der Waals surface area contributed by atoms with E-state index in [9.17, 15) is 39.4 Å². The minimum absolute atomic E-state index is 0.0188. The Labute approximate surface area is 518 Å². The number of nitrogens with one attached hydrogen (secondary N) is 3. The third-order valence-electron chi connectivity index (χ3n) is 10.2. The van der Waals surface area contributed by atoms with Gasteiger partial charge in [0.05, 0.1) is 37.0 Å². The molecule has 0 saturated heterocycles. The van der Waals surface area contributed by atoms with Crippen molar-refractivity contribution in [3.8, 4) is 40.2 Å². The van der Waals surface area contributed by atoms with E-state index in [4.69, 9.17) is 82.0 Å². The lowest BCUT2D eigenvalue weighted by Crippen LogP contribution is -2.34. The predicted octanol–water partition coefficient (Wildman–Crippen LogP) is 13.0. The molecular weight excluding hydrogens is 1270 g/mol. The van der Waals surface area contributed by atoms with Crippen LogP contribution in [0.3, 0.4) is 0 Å². The fourth-order valence-corrected chi connectivity index (χ4v) is 6.78. The van der Waals surface area contributed by atoms with E-state index in [1.54, 1.807) is 109 Å². The zero-order valence-electron chi connectivity index (χ0n) is 44.9. The van der Waals surface area contributed by atoms with Crippen LogP contribution in [0.1, 0.15) is 25.7 Å². The number of hydrazone groups is 1. The standard InChI is InChI=1S/C17H15ClN4O3.C11H7ClN2O3.C11H9ClN2O.C6H5ClO.C6H10N2O3.C5H3BrN2O2/c1-22-16(23)9-7-13(21-22)17(24)20-15-8-6-11(10-19-15)25-14-5-3-2-4-12(14)18;12-9-3-1-2-4-10(9)17-8-5-6-11(13-7-8)14(15)16;12-9-3-1-2-4-10(9)15-8-5-6-11(13)14-7-8;7-5-3-1-2-4-6(5)8;1-8-5(9)3-2-4(7)6(10)11;6-4-1-2-5(7-3-4)8(9)10/h2-6,8,10H,7,9H2,1H3,(H,19,20,24);1-7H;1-7H,(H2,13,14);1-4,8H;7H,2-3H2,1H3,(H,8,9)(H,10,11);1-3H. The number of phenolic OH excluding ortho intramolecular Hbond substituents is 1. The summed E-state index contributed by atoms with van der Waals surface area (Å²) in [5, 5.41) is 56.3. The van der Waals surface area contributed by atoms with Crippen molar-refractivity contribution in [1.29, 1.82) is 5.41 Å². The van der Waals surface area contributed by atoms with E-state index in [-0.39, 0.29) is 54.4 Å². The number of aromatic nitrogens is 4. The molecular formula is C56H49BrCl4N12O13. The monoisotopic (exact) mass is 1320 g/mol. The number of carbonyl (C=O) groups excluding carboxylic acids is 3. The van der Waals surface area contributed by atoms with Crippen molar-refractivity contribution in [2.45, 2.75) is 25.7 Å². The number of pyridine rings is 4. The molecule has 0 radical (unpaired) electrons. The van der Waals surface area contributed by atoms with Gasteiger partial charge < -0.3 is 61.0 Å². The highest BCUT2D eigenvalue weighted by Crippen LogP contribution is 2.31. The van der Waals surface area contributed by atoms with E-state index < -0.39 is 21.5 Å². The summed E-state index contributed by atoms with van der Waals surface area (Å²) in [4.78, 5) is 78.7. The quantitative estimate of drug-likeness (QED) is 0.0334. The average Bonchev–Trinajstić information content (AvgIpc) is 3.64. The number of ether oxygens (including phenoxy) is 3. The number of hydrogen-bond acceptors (Lipinski definition) is 19. The lowest BCUT2D eigenvalue weighted by molar-refractivity contribution is -0.389. The van der Waals surface area contributed by atoms with E-state index in [2.05, 4.69) is 51.6 Å². The number of benzene rings is 4. The second-order valence-electron chi connectivity index (χ2n) is 16.4. The Hall–Kier alpha value is -9.86. The number of nitrogen functional groups attached to an aromatic ring is 1. The van der Waals surface area contributed by atoms with Gasteiger partial charge in [0.2, 0.25) is 11.8 Å². The zero-order valence-corrected chi connectivity index (χ0v) is 49.5. The van der Waals surface area contributed by atoms with Crippen LogP contribution in [-0.2, 0) is 19.2 Å². The first-order valence-electron chi connectivity index (χ1n) is 24.4. The summed E-state index contributed by atoms with van der Waals surface area (Å²) in [5.74, 6) is 1.66. The van der Waals surface area contributed by atoms with Gasteiger partial charge in [-0.3, -0.25) is 19.8 Å². The second kappa shape index (κ2) is 36.0. The van der Waals surface area contributed by atoms with Crippen molar-refractivity contribution in [1.82, 2.24) is 30.3 Å². The Balaban J connectivity index is 0.000000231. The summed E-state index contributed by atoms with van der Waals surface area (Å²) in [6, 6.07) is 40.3. The maximum atomic E-state index is 12.2. The van der Waals surface area contributed by atoms with Crippen LogP contribution in [0.2, 0.25) is 20.1 Å². The second-order valence-corrected chi connectivity index (χ2v) is 19.0. The van der Waals surface area contributed by atoms with Gasteiger partial charge in [0.1, 0.15) is 57.6 Å². The molecule has 4 aromatic carbocycles. The fourth-order valence-electron chi connectivity index (χ4n) is 5.89. The van der Waals surface area contributed by atoms with Crippen LogP contribution in [0.15, 0.2) is 180 Å². The maximum absolute atomic E-state index is 12.2. The molecule has 8 aromatic rings. The summed E-state index contributed by atoms with van der Waals surface area (Å²) in [5.41, 5.74) is 5.31. The third kappa shape index (κ3) is 24.9. The SMILES string of the molecule is CN1N=C(C(=O)Nc2ccc(Oc3ccccc3Cl)cn2)CCC1=O.CNC(=O)CCC(=N)C(=O)O.Nc1ccc(Oc2ccccc2Cl)cn1.O=[N+]([O-])c1ccc(Br)cn1.O=[N+]([O-])c1ccc(Oc2ccccc2Cl)cn1.Oc1ccccc1Cl. The number of aromatic hydroxyl groups is 1. The van der Waals surface area contributed by atoms with E-state index in [0.717, 1.165) is 4.47 Å². The third-order valence-corrected chi connectivity index (χ3v) is 11.9. The number of anilines is 2. The van der Waals surface area contributed by atoms with Gasteiger partial charge in [0.15, 0.2) is 18.1 Å². The normalized spacial score (nSPS) is 10.8. The lowest BCUT2D eigenvalue weighted by Gasteiger charge is -2.18. The molecule has 4 aromatic heterocycles. The number of nitro groups is 2. The molecule has 9 rings (SSSR count). The summed E-state index contributed by atoms with van der Waals surface area (Å²) in [7, 11) is 2.99. The van der Waals surface area contributed by atoms with Crippen molar-refractivity contribution in [2.24, 2.45) is 5.10 Å². The molecule has 5 heterocycles. The number of carbonyl (C=O) groups is 4. The van der Waals surface area contributed by atoms with Gasteiger partial charge in [0.25, 0.3) is 5.91 Å². The molecule has 7 N–H and O–H groups in total. The first kappa shape index (κ1) is 68.6. The maximum Gasteiger partial charge on any atom is 0.363 e. The van der Waals surface area contributed by atoms with Gasteiger partial charge in [-0.25, -0.2) is 19.8 Å². The van der Waals surface area contributed by atoms with Crippen LogP contribution in [0, 0.1) is 25.6 Å². The molecule has 1 aliphatic heterocycles. The molecule has 0 saturated carbocycles. The Bertz CT molecular complexity index is 3600. The number of aliphatic carboxylic acids is 1. The van der Waals surface area contributed by atoms with Crippen molar-refractivity contribution in [3.05, 3.63) is 215 Å². The van der Waals surface area contributed by atoms with Crippen LogP contribution in [0.4, 0.5) is 23.3 Å². The molecule has 30 heteroatoms. The highest BCUT2D eigenvalue weighted by molar-refractivity contribution is 9.10. The molecule has 25 nitrogen and oxygen atoms in total. The number of hydrogen-bond donors (Lipinski definition) is 6. The molecule has 446 valence electrons. The fraction of sp³-hybridized carbons (Fsp3) is 0.107. The summed E-state index contributed by atoms with van der Waals surface area (Å²) in [6.07, 6.45) is 6.32. The highest BCUT2D eigenvalue weighted by atomic mass is 79.9. The van der Waals surface area contributed by atoms with Crippen LogP contribution in [-0.4, -0.2) is 94.2 Å². The number of phenols is 1. The molecule has 0 spiro atoms. The molecule has 1 aliphatic rings. The molecule has 0 aliphatic carbocycles. The smallest absolute Gasteiger partial charge is 0.363 e. The number of carboxylic acid groups (broad SMARTS) is 1. The van der Waals surface area contributed by atoms with Crippen LogP contribution in [0.5, 0.6) is 40.2 Å². The molecule has 0 bridgehead atoms. The lowest BCUT2D eigenvalue weighted by atomic mass is 10.1. The van der Waals surface area contributed by atoms with E-state index in [0.29, 0.717) is 78.4 Å². The van der Waals surface area contributed by atoms with Gasteiger partial charge in [0, 0.05) is 51.9 Å². The molecule has 0 unspecified atom stereocenters. The number of nitrogens with two attached hydrogens (primary N) is 1. The number of para-hydroxylation sites is 4. The largest absolute Gasteiger partial charge is 0.506 e. The van der Waals surface area contributed by atoms with Gasteiger partial charge >= 0.3 is 17.6 Å². The summed E-state index contributed by atoms with van der Waals surface area (Å²) < 4.78 is 17.3. The molecule has 0 fully saturated rings. The van der Waals surface area contributed by atoms with Crippen molar-refractivity contribution in [2.75, 3.05) is 25.1 Å². The van der Waals surface area contributed by atoms with E-state index in [1.165, 1.54) is 55.9 Å². The molecule has 0 atom stereocenters. The Morgan fingerprint density at radius 3 is 1.48 bits per heavy atom. The summed E-state index contributed by atoms with van der Waals surface area (Å²) >= 11 is 26.4. The van der Waals surface area contributed by atoms with E-state index in [1.807, 2.05) is 24.3 Å². The van der Waals surface area contributed by atoms with Crippen LogP contribution >= 0.6 is 62.3 Å². The van der Waals surface area contributed by atoms with Gasteiger partial charge in [-0.15, -0.1) is 0 Å². The number of rotatable bonds is 14. The van der Waals surface area contributed by atoms with Gasteiger partial charge in [-0.05, 0) is 121 Å². The van der Waals surface area contributed by atoms with Crippen LogP contribution in [0.25, 0.3) is 0 Å². The van der Waals surface area contributed by atoms with Gasteiger partial charge in [-0.1, -0.05) is 94.9 Å². The first-order chi connectivity index (χ1) is 41.0.